The highest BCUT2D eigenvalue weighted by molar-refractivity contribution is 7.14. The minimum atomic E-state index is -0.470. The van der Waals surface area contributed by atoms with Crippen LogP contribution in [-0.4, -0.2) is 27.6 Å². The fourth-order valence-electron chi connectivity index (χ4n) is 2.96. The van der Waals surface area contributed by atoms with E-state index in [0.717, 1.165) is 33.6 Å². The SMILES string of the molecule is COc1ccc2[nH]cc(-c3csc(NC(=O)c4ccc(C)n(C)c4=O)n3)c2c1. The normalized spacial score (nSPS) is 11.0. The molecule has 0 bridgehead atoms. The highest BCUT2D eigenvalue weighted by atomic mass is 32.1. The molecule has 1 amide bonds. The van der Waals surface area contributed by atoms with E-state index in [0.29, 0.717) is 5.13 Å². The van der Waals surface area contributed by atoms with E-state index in [2.05, 4.69) is 15.3 Å². The maximum Gasteiger partial charge on any atom is 0.263 e. The molecule has 28 heavy (non-hydrogen) atoms. The molecule has 4 aromatic rings. The third-order valence-corrected chi connectivity index (χ3v) is 5.45. The van der Waals surface area contributed by atoms with Crippen molar-refractivity contribution < 1.29 is 9.53 Å². The number of hydrogen-bond donors (Lipinski definition) is 2. The van der Waals surface area contributed by atoms with Crippen LogP contribution < -0.4 is 15.6 Å². The van der Waals surface area contributed by atoms with Gasteiger partial charge in [0.2, 0.25) is 0 Å². The number of aryl methyl sites for hydroxylation is 1. The second kappa shape index (κ2) is 6.97. The van der Waals surface area contributed by atoms with E-state index >= 15 is 0 Å². The number of carbonyl (C=O) groups is 1. The molecule has 0 fully saturated rings. The number of amides is 1. The van der Waals surface area contributed by atoms with Crippen molar-refractivity contribution in [3.63, 3.8) is 0 Å². The predicted molar refractivity (Wildman–Crippen MR) is 110 cm³/mol. The predicted octanol–water partition coefficient (Wildman–Crippen LogP) is 3.56. The molecule has 0 radical (unpaired) electrons. The van der Waals surface area contributed by atoms with E-state index in [1.165, 1.54) is 22.0 Å². The van der Waals surface area contributed by atoms with Crippen LogP contribution in [0.1, 0.15) is 16.1 Å². The molecule has 8 heteroatoms. The number of pyridine rings is 1. The molecule has 0 saturated carbocycles. The summed E-state index contributed by atoms with van der Waals surface area (Å²) in [6.07, 6.45) is 1.88. The molecule has 142 valence electrons. The van der Waals surface area contributed by atoms with E-state index in [1.807, 2.05) is 36.7 Å². The zero-order valence-electron chi connectivity index (χ0n) is 15.6. The molecular weight excluding hydrogens is 376 g/mol. The number of nitrogens with zero attached hydrogens (tertiary/aromatic N) is 2. The lowest BCUT2D eigenvalue weighted by Crippen LogP contribution is -2.28. The Balaban J connectivity index is 1.63. The van der Waals surface area contributed by atoms with Gasteiger partial charge in [0.05, 0.1) is 12.8 Å². The quantitative estimate of drug-likeness (QED) is 0.554. The van der Waals surface area contributed by atoms with Crippen molar-refractivity contribution in [2.24, 2.45) is 7.05 Å². The van der Waals surface area contributed by atoms with E-state index in [1.54, 1.807) is 20.2 Å². The van der Waals surface area contributed by atoms with Gasteiger partial charge in [-0.1, -0.05) is 0 Å². The minimum Gasteiger partial charge on any atom is -0.497 e. The lowest BCUT2D eigenvalue weighted by Gasteiger charge is -2.06. The van der Waals surface area contributed by atoms with E-state index in [9.17, 15) is 9.59 Å². The van der Waals surface area contributed by atoms with Crippen molar-refractivity contribution in [1.29, 1.82) is 0 Å². The molecular formula is C20H18N4O3S. The summed E-state index contributed by atoms with van der Waals surface area (Å²) in [7, 11) is 3.26. The lowest BCUT2D eigenvalue weighted by atomic mass is 10.1. The Hall–Kier alpha value is -3.39. The number of ether oxygens (including phenoxy) is 1. The summed E-state index contributed by atoms with van der Waals surface area (Å²) in [6.45, 7) is 1.81. The summed E-state index contributed by atoms with van der Waals surface area (Å²) in [4.78, 5) is 32.5. The van der Waals surface area contributed by atoms with Gasteiger partial charge in [-0.3, -0.25) is 14.9 Å². The maximum absolute atomic E-state index is 12.5. The summed E-state index contributed by atoms with van der Waals surface area (Å²) in [5.41, 5.74) is 3.15. The summed E-state index contributed by atoms with van der Waals surface area (Å²) in [6, 6.07) is 9.04. The van der Waals surface area contributed by atoms with Crippen LogP contribution in [-0.2, 0) is 7.05 Å². The molecule has 0 saturated heterocycles. The van der Waals surface area contributed by atoms with Crippen molar-refractivity contribution in [2.75, 3.05) is 12.4 Å². The van der Waals surface area contributed by atoms with Crippen LogP contribution in [0.25, 0.3) is 22.2 Å². The molecule has 0 aliphatic rings. The fourth-order valence-corrected chi connectivity index (χ4v) is 3.66. The largest absolute Gasteiger partial charge is 0.497 e. The number of anilines is 1. The number of methoxy groups -OCH3 is 1. The number of benzene rings is 1. The number of aromatic nitrogens is 3. The smallest absolute Gasteiger partial charge is 0.263 e. The Morgan fingerprint density at radius 1 is 1.29 bits per heavy atom. The molecule has 3 aromatic heterocycles. The van der Waals surface area contributed by atoms with Gasteiger partial charge in [-0.2, -0.15) is 0 Å². The average molecular weight is 394 g/mol. The number of H-pyrrole nitrogens is 1. The third-order valence-electron chi connectivity index (χ3n) is 4.69. The summed E-state index contributed by atoms with van der Waals surface area (Å²) in [5, 5.41) is 6.00. The summed E-state index contributed by atoms with van der Waals surface area (Å²) in [5.74, 6) is 0.286. The van der Waals surface area contributed by atoms with Crippen molar-refractivity contribution in [2.45, 2.75) is 6.92 Å². The van der Waals surface area contributed by atoms with E-state index < -0.39 is 5.91 Å². The van der Waals surface area contributed by atoms with Crippen molar-refractivity contribution >= 4 is 33.3 Å². The molecule has 0 atom stereocenters. The van der Waals surface area contributed by atoms with E-state index in [4.69, 9.17) is 4.74 Å². The minimum absolute atomic E-state index is 0.0849. The first-order valence-electron chi connectivity index (χ1n) is 8.57. The number of fused-ring (bicyclic) bond motifs is 1. The average Bonchev–Trinajstić information content (AvgIpc) is 3.32. The Kier molecular flexibility index (Phi) is 4.48. The Morgan fingerprint density at radius 2 is 2.11 bits per heavy atom. The van der Waals surface area contributed by atoms with Gasteiger partial charge in [-0.05, 0) is 37.3 Å². The zero-order chi connectivity index (χ0) is 19.8. The Bertz CT molecular complexity index is 1250. The van der Waals surface area contributed by atoms with Crippen LogP contribution in [0.2, 0.25) is 0 Å². The third kappa shape index (κ3) is 3.07. The number of carbonyl (C=O) groups excluding carboxylic acids is 1. The molecule has 0 spiro atoms. The maximum atomic E-state index is 12.5. The van der Waals surface area contributed by atoms with Gasteiger partial charge < -0.3 is 14.3 Å². The van der Waals surface area contributed by atoms with Crippen LogP contribution >= 0.6 is 11.3 Å². The summed E-state index contributed by atoms with van der Waals surface area (Å²) >= 11 is 1.31. The Labute approximate surface area is 164 Å². The monoisotopic (exact) mass is 394 g/mol. The highest BCUT2D eigenvalue weighted by Gasteiger charge is 2.16. The first-order valence-corrected chi connectivity index (χ1v) is 9.45. The van der Waals surface area contributed by atoms with Gasteiger partial charge in [0.1, 0.15) is 11.3 Å². The standard InChI is InChI=1S/C20H18N4O3S/c1-11-4-6-13(19(26)24(11)2)18(25)23-20-22-17(10-28-20)15-9-21-16-7-5-12(27-3)8-14(15)16/h4-10,21H,1-3H3,(H,22,23,25). The fraction of sp³-hybridized carbons (Fsp3) is 0.150. The molecule has 2 N–H and O–H groups in total. The molecule has 3 heterocycles. The number of aromatic amines is 1. The topological polar surface area (TPSA) is 89.0 Å². The second-order valence-electron chi connectivity index (χ2n) is 6.36. The molecule has 1 aromatic carbocycles. The molecule has 4 rings (SSSR count). The van der Waals surface area contributed by atoms with Crippen LogP contribution in [0.15, 0.2) is 46.7 Å². The van der Waals surface area contributed by atoms with E-state index in [-0.39, 0.29) is 11.1 Å². The number of nitrogens with one attached hydrogen (secondary N) is 2. The van der Waals surface area contributed by atoms with Crippen LogP contribution in [0.4, 0.5) is 5.13 Å². The Morgan fingerprint density at radius 3 is 2.89 bits per heavy atom. The summed E-state index contributed by atoms with van der Waals surface area (Å²) < 4.78 is 6.74. The zero-order valence-corrected chi connectivity index (χ0v) is 16.4. The highest BCUT2D eigenvalue weighted by Crippen LogP contribution is 2.33. The number of thiazole rings is 1. The lowest BCUT2D eigenvalue weighted by molar-refractivity contribution is 0.102. The van der Waals surface area contributed by atoms with Crippen LogP contribution in [0.3, 0.4) is 0 Å². The van der Waals surface area contributed by atoms with Gasteiger partial charge in [-0.25, -0.2) is 4.98 Å². The van der Waals surface area contributed by atoms with Crippen LogP contribution in [0, 0.1) is 6.92 Å². The molecule has 7 nitrogen and oxygen atoms in total. The number of hydrogen-bond acceptors (Lipinski definition) is 5. The van der Waals surface area contributed by atoms with Gasteiger partial charge in [-0.15, -0.1) is 11.3 Å². The van der Waals surface area contributed by atoms with Crippen molar-refractivity contribution in [3.05, 3.63) is 63.5 Å². The van der Waals surface area contributed by atoms with Gasteiger partial charge >= 0.3 is 0 Å². The molecule has 0 aliphatic carbocycles. The second-order valence-corrected chi connectivity index (χ2v) is 7.22. The molecule has 0 aliphatic heterocycles. The first-order chi connectivity index (χ1) is 13.5. The number of rotatable bonds is 4. The van der Waals surface area contributed by atoms with Crippen molar-refractivity contribution in [3.8, 4) is 17.0 Å². The van der Waals surface area contributed by atoms with Gasteiger partial charge in [0.25, 0.3) is 11.5 Å². The van der Waals surface area contributed by atoms with Gasteiger partial charge in [0, 0.05) is 40.8 Å². The van der Waals surface area contributed by atoms with Crippen LogP contribution in [0.5, 0.6) is 5.75 Å². The first kappa shape index (κ1) is 18.0. The van der Waals surface area contributed by atoms with Crippen molar-refractivity contribution in [1.82, 2.24) is 14.5 Å². The van der Waals surface area contributed by atoms with Gasteiger partial charge in [0.15, 0.2) is 5.13 Å². The molecule has 0 unspecified atom stereocenters.